The van der Waals surface area contributed by atoms with Crippen LogP contribution in [0.1, 0.15) is 5.56 Å². The Hall–Kier alpha value is -1.45. The van der Waals surface area contributed by atoms with E-state index in [4.69, 9.17) is 0 Å². The SMILES string of the molecule is OCC1C=CC=CC1(CO)c1ccc(F)cc1. The smallest absolute Gasteiger partial charge is 0.123 e. The summed E-state index contributed by atoms with van der Waals surface area (Å²) in [4.78, 5) is 0. The molecule has 0 aliphatic heterocycles. The summed E-state index contributed by atoms with van der Waals surface area (Å²) >= 11 is 0. The standard InChI is InChI=1S/C14H15FO2/c15-13-6-4-11(5-7-13)14(10-17)8-2-1-3-12(14)9-16/h1-8,12,16-17H,9-10H2. The quantitative estimate of drug-likeness (QED) is 0.837. The van der Waals surface area contributed by atoms with Crippen LogP contribution >= 0.6 is 0 Å². The molecule has 0 aromatic heterocycles. The van der Waals surface area contributed by atoms with Gasteiger partial charge in [0.25, 0.3) is 0 Å². The molecule has 0 saturated heterocycles. The summed E-state index contributed by atoms with van der Waals surface area (Å²) in [6.45, 7) is -0.177. The van der Waals surface area contributed by atoms with Crippen molar-refractivity contribution >= 4 is 0 Å². The topological polar surface area (TPSA) is 40.5 Å². The van der Waals surface area contributed by atoms with Crippen LogP contribution in [-0.4, -0.2) is 23.4 Å². The minimum absolute atomic E-state index is 0.0568. The van der Waals surface area contributed by atoms with E-state index >= 15 is 0 Å². The Labute approximate surface area is 99.7 Å². The van der Waals surface area contributed by atoms with Gasteiger partial charge in [-0.25, -0.2) is 4.39 Å². The van der Waals surface area contributed by atoms with Crippen molar-refractivity contribution in [3.05, 3.63) is 60.0 Å². The van der Waals surface area contributed by atoms with Crippen molar-refractivity contribution in [3.63, 3.8) is 0 Å². The van der Waals surface area contributed by atoms with Crippen LogP contribution in [0.25, 0.3) is 0 Å². The van der Waals surface area contributed by atoms with Gasteiger partial charge in [-0.15, -0.1) is 0 Å². The zero-order chi connectivity index (χ0) is 12.3. The van der Waals surface area contributed by atoms with E-state index in [1.807, 2.05) is 24.3 Å². The summed E-state index contributed by atoms with van der Waals surface area (Å²) in [7, 11) is 0. The second-order valence-corrected chi connectivity index (χ2v) is 4.24. The first kappa shape index (κ1) is 12.0. The Kier molecular flexibility index (Phi) is 3.41. The summed E-state index contributed by atoms with van der Waals surface area (Å²) in [5.74, 6) is -0.499. The van der Waals surface area contributed by atoms with E-state index in [1.165, 1.54) is 12.1 Å². The van der Waals surface area contributed by atoms with Crippen molar-refractivity contribution in [3.8, 4) is 0 Å². The van der Waals surface area contributed by atoms with E-state index in [0.29, 0.717) is 0 Å². The predicted molar refractivity (Wildman–Crippen MR) is 64.0 cm³/mol. The maximum Gasteiger partial charge on any atom is 0.123 e. The Morgan fingerprint density at radius 3 is 2.41 bits per heavy atom. The van der Waals surface area contributed by atoms with E-state index < -0.39 is 5.41 Å². The van der Waals surface area contributed by atoms with Crippen molar-refractivity contribution in [2.45, 2.75) is 5.41 Å². The third kappa shape index (κ3) is 2.04. The monoisotopic (exact) mass is 234 g/mol. The lowest BCUT2D eigenvalue weighted by molar-refractivity contribution is 0.141. The van der Waals surface area contributed by atoms with Crippen LogP contribution in [0.2, 0.25) is 0 Å². The number of aliphatic hydroxyl groups is 2. The van der Waals surface area contributed by atoms with E-state index in [2.05, 4.69) is 0 Å². The Morgan fingerprint density at radius 2 is 1.82 bits per heavy atom. The van der Waals surface area contributed by atoms with Crippen molar-refractivity contribution in [1.29, 1.82) is 0 Å². The van der Waals surface area contributed by atoms with Crippen LogP contribution in [0.5, 0.6) is 0 Å². The van der Waals surface area contributed by atoms with Gasteiger partial charge in [0.1, 0.15) is 5.82 Å². The molecule has 0 spiro atoms. The van der Waals surface area contributed by atoms with Crippen molar-refractivity contribution < 1.29 is 14.6 Å². The molecule has 0 radical (unpaired) electrons. The van der Waals surface area contributed by atoms with E-state index in [9.17, 15) is 14.6 Å². The molecule has 0 amide bonds. The number of rotatable bonds is 3. The number of allylic oxidation sites excluding steroid dienone is 2. The predicted octanol–water partition coefficient (Wildman–Crippen LogP) is 1.79. The van der Waals surface area contributed by atoms with Gasteiger partial charge < -0.3 is 10.2 Å². The Morgan fingerprint density at radius 1 is 1.12 bits per heavy atom. The third-order valence-corrected chi connectivity index (χ3v) is 3.35. The van der Waals surface area contributed by atoms with Gasteiger partial charge >= 0.3 is 0 Å². The lowest BCUT2D eigenvalue weighted by atomic mass is 9.69. The molecule has 1 aromatic carbocycles. The van der Waals surface area contributed by atoms with E-state index in [1.54, 1.807) is 12.1 Å². The molecule has 2 rings (SSSR count). The highest BCUT2D eigenvalue weighted by atomic mass is 19.1. The molecule has 1 aliphatic carbocycles. The molecule has 90 valence electrons. The summed E-state index contributed by atoms with van der Waals surface area (Å²) in [5, 5.41) is 19.1. The first-order valence-electron chi connectivity index (χ1n) is 5.57. The maximum atomic E-state index is 12.9. The van der Waals surface area contributed by atoms with Gasteiger partial charge in [0.15, 0.2) is 0 Å². The van der Waals surface area contributed by atoms with Crippen LogP contribution in [0.15, 0.2) is 48.6 Å². The second kappa shape index (κ2) is 4.82. The number of benzene rings is 1. The van der Waals surface area contributed by atoms with Gasteiger partial charge in [0.2, 0.25) is 0 Å². The summed E-state index contributed by atoms with van der Waals surface area (Å²) in [6.07, 6.45) is 7.41. The van der Waals surface area contributed by atoms with Crippen molar-refractivity contribution in [2.75, 3.05) is 13.2 Å². The highest BCUT2D eigenvalue weighted by Crippen LogP contribution is 2.36. The fourth-order valence-corrected chi connectivity index (χ4v) is 2.28. The van der Waals surface area contributed by atoms with Crippen LogP contribution in [0.3, 0.4) is 0 Å². The Bertz CT molecular complexity index is 436. The van der Waals surface area contributed by atoms with E-state index in [0.717, 1.165) is 5.56 Å². The first-order valence-corrected chi connectivity index (χ1v) is 5.57. The Balaban J connectivity index is 2.46. The lowest BCUT2D eigenvalue weighted by Gasteiger charge is -2.36. The summed E-state index contributed by atoms with van der Waals surface area (Å²) < 4.78 is 12.9. The number of aliphatic hydroxyl groups excluding tert-OH is 2. The third-order valence-electron chi connectivity index (χ3n) is 3.35. The molecule has 2 atom stereocenters. The molecule has 0 bridgehead atoms. The second-order valence-electron chi connectivity index (χ2n) is 4.24. The minimum Gasteiger partial charge on any atom is -0.396 e. The normalized spacial score (nSPS) is 27.4. The zero-order valence-corrected chi connectivity index (χ0v) is 9.38. The van der Waals surface area contributed by atoms with Crippen LogP contribution in [0, 0.1) is 11.7 Å². The van der Waals surface area contributed by atoms with Gasteiger partial charge in [0.05, 0.1) is 13.2 Å². The summed E-state index contributed by atoms with van der Waals surface area (Å²) in [6, 6.07) is 6.04. The molecule has 2 N–H and O–H groups in total. The fraction of sp³-hybridized carbons (Fsp3) is 0.286. The molecule has 2 nitrogen and oxygen atoms in total. The molecular weight excluding hydrogens is 219 g/mol. The minimum atomic E-state index is -0.656. The van der Waals surface area contributed by atoms with Crippen molar-refractivity contribution in [2.24, 2.45) is 5.92 Å². The average molecular weight is 234 g/mol. The molecule has 2 unspecified atom stereocenters. The molecule has 0 heterocycles. The number of hydrogen-bond donors (Lipinski definition) is 2. The average Bonchev–Trinajstić information content (AvgIpc) is 2.39. The number of halogens is 1. The van der Waals surface area contributed by atoms with E-state index in [-0.39, 0.29) is 24.9 Å². The zero-order valence-electron chi connectivity index (χ0n) is 9.38. The molecular formula is C14H15FO2. The summed E-state index contributed by atoms with van der Waals surface area (Å²) in [5.41, 5.74) is 0.151. The van der Waals surface area contributed by atoms with Crippen LogP contribution in [0.4, 0.5) is 4.39 Å². The van der Waals surface area contributed by atoms with Crippen LogP contribution in [-0.2, 0) is 5.41 Å². The molecule has 1 aliphatic rings. The highest BCUT2D eigenvalue weighted by Gasteiger charge is 2.37. The van der Waals surface area contributed by atoms with Crippen LogP contribution < -0.4 is 0 Å². The molecule has 3 heteroatoms. The molecule has 17 heavy (non-hydrogen) atoms. The first-order chi connectivity index (χ1) is 8.23. The number of hydrogen-bond acceptors (Lipinski definition) is 2. The molecule has 0 fully saturated rings. The molecule has 0 saturated carbocycles. The van der Waals surface area contributed by atoms with Gasteiger partial charge in [-0.2, -0.15) is 0 Å². The van der Waals surface area contributed by atoms with Gasteiger partial charge in [0, 0.05) is 11.3 Å². The van der Waals surface area contributed by atoms with Gasteiger partial charge in [-0.05, 0) is 17.7 Å². The largest absolute Gasteiger partial charge is 0.396 e. The maximum absolute atomic E-state index is 12.9. The highest BCUT2D eigenvalue weighted by molar-refractivity contribution is 5.38. The molecule has 1 aromatic rings. The van der Waals surface area contributed by atoms with Gasteiger partial charge in [-0.3, -0.25) is 0 Å². The lowest BCUT2D eigenvalue weighted by Crippen LogP contribution is -2.39. The van der Waals surface area contributed by atoms with Gasteiger partial charge in [-0.1, -0.05) is 36.4 Å². The van der Waals surface area contributed by atoms with Crippen molar-refractivity contribution in [1.82, 2.24) is 0 Å². The fourth-order valence-electron chi connectivity index (χ4n) is 2.28.